The summed E-state index contributed by atoms with van der Waals surface area (Å²) in [7, 11) is 1.53. The first kappa shape index (κ1) is 20.2. The number of ether oxygens (including phenoxy) is 1. The largest absolute Gasteiger partial charge is 0.465 e. The molecule has 2 aromatic heterocycles. The van der Waals surface area contributed by atoms with Gasteiger partial charge in [0.1, 0.15) is 5.25 Å². The number of imidazole rings is 1. The molecule has 3 aromatic rings. The number of esters is 1. The van der Waals surface area contributed by atoms with E-state index in [0.717, 1.165) is 5.56 Å². The van der Waals surface area contributed by atoms with Crippen molar-refractivity contribution in [1.82, 2.24) is 19.1 Å². The average Bonchev–Trinajstić information content (AvgIpc) is 3.00. The van der Waals surface area contributed by atoms with Gasteiger partial charge >= 0.3 is 11.7 Å². The highest BCUT2D eigenvalue weighted by atomic mass is 35.5. The third-order valence-electron chi connectivity index (χ3n) is 4.13. The van der Waals surface area contributed by atoms with Crippen LogP contribution in [0.15, 0.2) is 39.0 Å². The zero-order valence-corrected chi connectivity index (χ0v) is 17.1. The lowest BCUT2D eigenvalue weighted by atomic mass is 10.2. The lowest BCUT2D eigenvalue weighted by Gasteiger charge is -2.12. The van der Waals surface area contributed by atoms with Crippen molar-refractivity contribution in [3.63, 3.8) is 0 Å². The Bertz CT molecular complexity index is 1130. The van der Waals surface area contributed by atoms with Crippen molar-refractivity contribution >= 4 is 40.5 Å². The van der Waals surface area contributed by atoms with Gasteiger partial charge in [-0.25, -0.2) is 9.78 Å². The van der Waals surface area contributed by atoms with E-state index < -0.39 is 16.5 Å². The van der Waals surface area contributed by atoms with E-state index in [1.807, 2.05) is 12.1 Å². The van der Waals surface area contributed by atoms with Gasteiger partial charge in [-0.3, -0.25) is 19.1 Å². The Morgan fingerprint density at radius 2 is 2.00 bits per heavy atom. The standard InChI is InChI=1S/C18H19ClN4O4S/c1-4-27-16(25)10(2)28-18-20-14-13(15(24)21-17(26)22(14)3)23(18)9-11-5-7-12(19)8-6-11/h5-8,10H,4,9H2,1-3H3,(H,21,24,26)/t10-/m1/s1. The summed E-state index contributed by atoms with van der Waals surface area (Å²) >= 11 is 7.12. The first-order chi connectivity index (χ1) is 13.3. The number of hydrogen-bond donors (Lipinski definition) is 1. The molecule has 1 atom stereocenters. The normalized spacial score (nSPS) is 12.3. The topological polar surface area (TPSA) is 99.0 Å². The Balaban J connectivity index is 2.13. The van der Waals surface area contributed by atoms with Gasteiger partial charge in [0.2, 0.25) is 0 Å². The zero-order chi connectivity index (χ0) is 20.4. The Morgan fingerprint density at radius 1 is 1.32 bits per heavy atom. The molecule has 3 rings (SSSR count). The highest BCUT2D eigenvalue weighted by Gasteiger charge is 2.23. The van der Waals surface area contributed by atoms with Gasteiger partial charge in [0, 0.05) is 12.1 Å². The molecule has 0 aliphatic carbocycles. The third-order valence-corrected chi connectivity index (χ3v) is 5.45. The molecule has 0 fully saturated rings. The van der Waals surface area contributed by atoms with Crippen LogP contribution in [0, 0.1) is 0 Å². The van der Waals surface area contributed by atoms with E-state index in [1.165, 1.54) is 23.4 Å². The van der Waals surface area contributed by atoms with Crippen LogP contribution in [0.2, 0.25) is 5.02 Å². The fourth-order valence-electron chi connectivity index (χ4n) is 2.69. The van der Waals surface area contributed by atoms with E-state index in [4.69, 9.17) is 16.3 Å². The number of hydrogen-bond acceptors (Lipinski definition) is 6. The maximum absolute atomic E-state index is 12.5. The fraction of sp³-hybridized carbons (Fsp3) is 0.333. The van der Waals surface area contributed by atoms with Crippen LogP contribution in [0.5, 0.6) is 0 Å². The maximum atomic E-state index is 12.5. The summed E-state index contributed by atoms with van der Waals surface area (Å²) < 4.78 is 8.02. The summed E-state index contributed by atoms with van der Waals surface area (Å²) in [4.78, 5) is 43.2. The number of aryl methyl sites for hydroxylation is 1. The maximum Gasteiger partial charge on any atom is 0.329 e. The van der Waals surface area contributed by atoms with E-state index in [9.17, 15) is 14.4 Å². The van der Waals surface area contributed by atoms with Crippen LogP contribution in [-0.4, -0.2) is 36.9 Å². The Labute approximate surface area is 169 Å². The second kappa shape index (κ2) is 8.24. The number of nitrogens with one attached hydrogen (secondary N) is 1. The molecule has 2 heterocycles. The second-order valence-corrected chi connectivity index (χ2v) is 7.85. The number of rotatable bonds is 6. The van der Waals surface area contributed by atoms with Crippen molar-refractivity contribution in [2.24, 2.45) is 7.05 Å². The number of nitrogens with zero attached hydrogens (tertiary/aromatic N) is 3. The van der Waals surface area contributed by atoms with E-state index in [2.05, 4.69) is 9.97 Å². The number of fused-ring (bicyclic) bond motifs is 1. The van der Waals surface area contributed by atoms with Crippen LogP contribution in [-0.2, 0) is 23.1 Å². The molecule has 1 N–H and O–H groups in total. The molecule has 0 saturated heterocycles. The first-order valence-electron chi connectivity index (χ1n) is 8.59. The number of carbonyl (C=O) groups is 1. The van der Waals surface area contributed by atoms with Crippen LogP contribution in [0.1, 0.15) is 19.4 Å². The molecule has 0 spiro atoms. The minimum atomic E-state index is -0.552. The number of carbonyl (C=O) groups excluding carboxylic acids is 1. The van der Waals surface area contributed by atoms with Gasteiger partial charge in [-0.1, -0.05) is 35.5 Å². The van der Waals surface area contributed by atoms with Crippen LogP contribution in [0.4, 0.5) is 0 Å². The highest BCUT2D eigenvalue weighted by Crippen LogP contribution is 2.27. The van der Waals surface area contributed by atoms with Gasteiger partial charge in [-0.05, 0) is 31.5 Å². The number of thioether (sulfide) groups is 1. The summed E-state index contributed by atoms with van der Waals surface area (Å²) in [6.07, 6.45) is 0. The number of aromatic nitrogens is 4. The summed E-state index contributed by atoms with van der Waals surface area (Å²) in [6, 6.07) is 7.19. The number of aromatic amines is 1. The highest BCUT2D eigenvalue weighted by molar-refractivity contribution is 8.00. The fourth-order valence-corrected chi connectivity index (χ4v) is 3.72. The van der Waals surface area contributed by atoms with Crippen molar-refractivity contribution in [2.75, 3.05) is 6.61 Å². The Hall–Kier alpha value is -2.52. The minimum absolute atomic E-state index is 0.251. The SMILES string of the molecule is CCOC(=O)[C@@H](C)Sc1nc2c(c(=O)[nH]c(=O)n2C)n1Cc1ccc(Cl)cc1. The molecule has 0 amide bonds. The molecule has 1 aromatic carbocycles. The van der Waals surface area contributed by atoms with Gasteiger partial charge in [0.15, 0.2) is 16.3 Å². The summed E-state index contributed by atoms with van der Waals surface area (Å²) in [5.74, 6) is -0.375. The van der Waals surface area contributed by atoms with E-state index >= 15 is 0 Å². The first-order valence-corrected chi connectivity index (χ1v) is 9.84. The van der Waals surface area contributed by atoms with Crippen molar-refractivity contribution in [2.45, 2.75) is 30.8 Å². The monoisotopic (exact) mass is 422 g/mol. The van der Waals surface area contributed by atoms with Gasteiger partial charge in [-0.15, -0.1) is 0 Å². The second-order valence-electron chi connectivity index (χ2n) is 6.11. The predicted molar refractivity (Wildman–Crippen MR) is 108 cm³/mol. The summed E-state index contributed by atoms with van der Waals surface area (Å²) in [5, 5.41) is 0.513. The van der Waals surface area contributed by atoms with Gasteiger partial charge in [0.25, 0.3) is 5.56 Å². The molecule has 0 saturated carbocycles. The molecule has 28 heavy (non-hydrogen) atoms. The minimum Gasteiger partial charge on any atom is -0.465 e. The van der Waals surface area contributed by atoms with Crippen LogP contribution in [0.3, 0.4) is 0 Å². The van der Waals surface area contributed by atoms with Gasteiger partial charge in [0.05, 0.1) is 13.2 Å². The molecule has 10 heteroatoms. The predicted octanol–water partition coefficient (Wildman–Crippen LogP) is 2.17. The quantitative estimate of drug-likeness (QED) is 0.482. The molecule has 0 radical (unpaired) electrons. The lowest BCUT2D eigenvalue weighted by Crippen LogP contribution is -2.29. The van der Waals surface area contributed by atoms with Gasteiger partial charge < -0.3 is 9.30 Å². The molecule has 0 aliphatic heterocycles. The zero-order valence-electron chi connectivity index (χ0n) is 15.6. The van der Waals surface area contributed by atoms with Crippen molar-refractivity contribution in [3.8, 4) is 0 Å². The van der Waals surface area contributed by atoms with Crippen molar-refractivity contribution in [3.05, 3.63) is 55.7 Å². The van der Waals surface area contributed by atoms with Gasteiger partial charge in [-0.2, -0.15) is 0 Å². The van der Waals surface area contributed by atoms with E-state index in [0.29, 0.717) is 16.7 Å². The molecule has 0 unspecified atom stereocenters. The lowest BCUT2D eigenvalue weighted by molar-refractivity contribution is -0.142. The molecule has 8 nitrogen and oxygen atoms in total. The van der Waals surface area contributed by atoms with E-state index in [1.54, 1.807) is 30.5 Å². The van der Waals surface area contributed by atoms with Crippen molar-refractivity contribution < 1.29 is 9.53 Å². The van der Waals surface area contributed by atoms with Crippen LogP contribution >= 0.6 is 23.4 Å². The summed E-state index contributed by atoms with van der Waals surface area (Å²) in [6.45, 7) is 4.05. The van der Waals surface area contributed by atoms with Crippen molar-refractivity contribution in [1.29, 1.82) is 0 Å². The Kier molecular flexibility index (Phi) is 5.95. The smallest absolute Gasteiger partial charge is 0.329 e. The molecule has 0 aliphatic rings. The molecular formula is C18H19ClN4O4S. The van der Waals surface area contributed by atoms with Crippen LogP contribution < -0.4 is 11.2 Å². The van der Waals surface area contributed by atoms with Crippen LogP contribution in [0.25, 0.3) is 11.2 Å². The van der Waals surface area contributed by atoms with E-state index in [-0.39, 0.29) is 23.7 Å². The number of benzene rings is 1. The third kappa shape index (κ3) is 4.00. The number of H-pyrrole nitrogens is 1. The summed E-state index contributed by atoms with van der Waals surface area (Å²) in [5.41, 5.74) is 0.318. The Morgan fingerprint density at radius 3 is 2.64 bits per heavy atom. The molecule has 148 valence electrons. The average molecular weight is 423 g/mol. The number of halogens is 1. The molecular weight excluding hydrogens is 404 g/mol. The molecule has 0 bridgehead atoms.